The van der Waals surface area contributed by atoms with Gasteiger partial charge in [0.15, 0.2) is 5.78 Å². The third kappa shape index (κ3) is 3.15. The van der Waals surface area contributed by atoms with Crippen molar-refractivity contribution in [2.45, 2.75) is 19.4 Å². The summed E-state index contributed by atoms with van der Waals surface area (Å²) in [7, 11) is 0. The van der Waals surface area contributed by atoms with Gasteiger partial charge in [-0.3, -0.25) is 9.69 Å². The molecule has 1 aliphatic heterocycles. The smallest absolute Gasteiger partial charge is 0.179 e. The van der Waals surface area contributed by atoms with Gasteiger partial charge in [-0.15, -0.1) is 0 Å². The van der Waals surface area contributed by atoms with Gasteiger partial charge in [0.25, 0.3) is 0 Å². The number of halogens is 1. The summed E-state index contributed by atoms with van der Waals surface area (Å²) in [5.74, 6) is -0.278. The summed E-state index contributed by atoms with van der Waals surface area (Å²) in [4.78, 5) is 14.4. The number of hydrogen-bond acceptors (Lipinski definition) is 3. The molecule has 1 fully saturated rings. The normalized spacial score (nSPS) is 19.2. The summed E-state index contributed by atoms with van der Waals surface area (Å²) in [6.07, 6.45) is 0.945. The van der Waals surface area contributed by atoms with E-state index in [1.807, 2.05) is 6.92 Å². The first-order valence-electron chi connectivity index (χ1n) is 6.30. The van der Waals surface area contributed by atoms with Crippen molar-refractivity contribution >= 4 is 5.78 Å². The van der Waals surface area contributed by atoms with Crippen LogP contribution in [0.2, 0.25) is 0 Å². The third-order valence-corrected chi connectivity index (χ3v) is 3.31. The van der Waals surface area contributed by atoms with Crippen LogP contribution in [0.15, 0.2) is 24.3 Å². The fourth-order valence-electron chi connectivity index (χ4n) is 2.17. The lowest BCUT2D eigenvalue weighted by molar-refractivity contribution is 0.0824. The molecule has 0 spiro atoms. The molecule has 1 aromatic rings. The fourth-order valence-corrected chi connectivity index (χ4v) is 2.17. The fraction of sp³-hybridized carbons (Fsp3) is 0.500. The summed E-state index contributed by atoms with van der Waals surface area (Å²) in [6.45, 7) is 4.97. The van der Waals surface area contributed by atoms with Crippen LogP contribution in [-0.2, 0) is 4.74 Å². The number of carbonyl (C=O) groups is 1. The maximum atomic E-state index is 12.8. The second kappa shape index (κ2) is 6.07. The Morgan fingerprint density at radius 1 is 1.28 bits per heavy atom. The van der Waals surface area contributed by atoms with Gasteiger partial charge in [0.05, 0.1) is 12.6 Å². The molecule has 4 heteroatoms. The molecular weight excluding hydrogens is 233 g/mol. The molecule has 0 saturated carbocycles. The monoisotopic (exact) mass is 251 g/mol. The van der Waals surface area contributed by atoms with Crippen molar-refractivity contribution in [3.05, 3.63) is 35.6 Å². The maximum absolute atomic E-state index is 12.8. The third-order valence-electron chi connectivity index (χ3n) is 3.31. The molecule has 0 aromatic heterocycles. The molecule has 1 heterocycles. The Hall–Kier alpha value is -1.26. The van der Waals surface area contributed by atoms with E-state index in [0.29, 0.717) is 12.2 Å². The zero-order valence-electron chi connectivity index (χ0n) is 10.6. The molecule has 1 aromatic carbocycles. The Bertz CT molecular complexity index is 397. The Labute approximate surface area is 107 Å². The number of ether oxygens (including phenoxy) is 1. The topological polar surface area (TPSA) is 29.5 Å². The number of Topliss-reactive ketones (excluding diaryl/α,β-unsaturated/α-hetero) is 1. The van der Waals surface area contributed by atoms with Crippen LogP contribution >= 0.6 is 0 Å². The van der Waals surface area contributed by atoms with Crippen LogP contribution in [0.25, 0.3) is 0 Å². The van der Waals surface area contributed by atoms with Gasteiger partial charge in [-0.25, -0.2) is 4.39 Å². The Balaban J connectivity index is 2.05. The summed E-state index contributed by atoms with van der Waals surface area (Å²) in [5.41, 5.74) is 0.564. The highest BCUT2D eigenvalue weighted by molar-refractivity contribution is 5.99. The molecule has 18 heavy (non-hydrogen) atoms. The first-order valence-corrected chi connectivity index (χ1v) is 6.30. The molecule has 1 unspecified atom stereocenters. The molecule has 0 aliphatic carbocycles. The number of carbonyl (C=O) groups excluding carboxylic acids is 1. The summed E-state index contributed by atoms with van der Waals surface area (Å²) < 4.78 is 18.2. The molecule has 0 amide bonds. The van der Waals surface area contributed by atoms with Crippen LogP contribution < -0.4 is 0 Å². The predicted octanol–water partition coefficient (Wildman–Crippen LogP) is 2.12. The summed E-state index contributed by atoms with van der Waals surface area (Å²) in [6, 6.07) is 5.55. The second-order valence-electron chi connectivity index (χ2n) is 4.55. The Morgan fingerprint density at radius 3 is 2.72 bits per heavy atom. The molecule has 1 atom stereocenters. The van der Waals surface area contributed by atoms with Crippen LogP contribution in [0.1, 0.15) is 23.7 Å². The molecule has 1 saturated heterocycles. The van der Waals surface area contributed by atoms with Crippen molar-refractivity contribution in [3.63, 3.8) is 0 Å². The molecule has 1 aliphatic rings. The quantitative estimate of drug-likeness (QED) is 0.771. The lowest BCUT2D eigenvalue weighted by atomic mass is 10.0. The maximum Gasteiger partial charge on any atom is 0.179 e. The first-order chi connectivity index (χ1) is 8.68. The highest BCUT2D eigenvalue weighted by atomic mass is 19.1. The van der Waals surface area contributed by atoms with Gasteiger partial charge >= 0.3 is 0 Å². The van der Waals surface area contributed by atoms with Gasteiger partial charge in [-0.2, -0.15) is 0 Å². The minimum absolute atomic E-state index is 0.0388. The molecule has 0 bridgehead atoms. The van der Waals surface area contributed by atoms with E-state index in [4.69, 9.17) is 4.74 Å². The van der Waals surface area contributed by atoms with E-state index in [0.717, 1.165) is 26.1 Å². The Morgan fingerprint density at radius 2 is 2.00 bits per heavy atom. The molecule has 2 rings (SSSR count). The van der Waals surface area contributed by atoms with Crippen molar-refractivity contribution < 1.29 is 13.9 Å². The lowest BCUT2D eigenvalue weighted by Gasteiger charge is -2.25. The van der Waals surface area contributed by atoms with Crippen LogP contribution in [-0.4, -0.2) is 43.0 Å². The average molecular weight is 251 g/mol. The largest absolute Gasteiger partial charge is 0.380 e. The van der Waals surface area contributed by atoms with Gasteiger partial charge in [-0.05, 0) is 37.6 Å². The van der Waals surface area contributed by atoms with Crippen molar-refractivity contribution in [2.24, 2.45) is 0 Å². The zero-order chi connectivity index (χ0) is 13.0. The Kier molecular flexibility index (Phi) is 4.44. The minimum atomic E-state index is -0.317. The second-order valence-corrected chi connectivity index (χ2v) is 4.55. The molecule has 3 nitrogen and oxygen atoms in total. The van der Waals surface area contributed by atoms with Crippen molar-refractivity contribution in [2.75, 3.05) is 26.3 Å². The predicted molar refractivity (Wildman–Crippen MR) is 67.2 cm³/mol. The highest BCUT2D eigenvalue weighted by Crippen LogP contribution is 2.12. The van der Waals surface area contributed by atoms with Gasteiger partial charge in [0, 0.05) is 25.3 Å². The van der Waals surface area contributed by atoms with Gasteiger partial charge in [0.1, 0.15) is 5.82 Å². The van der Waals surface area contributed by atoms with Gasteiger partial charge in [0.2, 0.25) is 0 Å². The molecular formula is C14H18FNO2. The SMILES string of the molecule is CC(C(=O)c1ccc(F)cc1)N1CCCOCC1. The molecule has 0 radical (unpaired) electrons. The lowest BCUT2D eigenvalue weighted by Crippen LogP contribution is -2.40. The molecule has 98 valence electrons. The van der Waals surface area contributed by atoms with Gasteiger partial charge < -0.3 is 4.74 Å². The number of benzene rings is 1. The van der Waals surface area contributed by atoms with E-state index in [9.17, 15) is 9.18 Å². The van der Waals surface area contributed by atoms with Crippen LogP contribution in [0.5, 0.6) is 0 Å². The van der Waals surface area contributed by atoms with Crippen LogP contribution in [0, 0.1) is 5.82 Å². The number of nitrogens with zero attached hydrogens (tertiary/aromatic N) is 1. The minimum Gasteiger partial charge on any atom is -0.380 e. The van der Waals surface area contributed by atoms with Crippen molar-refractivity contribution in [1.82, 2.24) is 4.90 Å². The summed E-state index contributed by atoms with van der Waals surface area (Å²) >= 11 is 0. The van der Waals surface area contributed by atoms with E-state index >= 15 is 0 Å². The zero-order valence-corrected chi connectivity index (χ0v) is 10.6. The van der Waals surface area contributed by atoms with Crippen molar-refractivity contribution in [3.8, 4) is 0 Å². The van der Waals surface area contributed by atoms with Crippen LogP contribution in [0.4, 0.5) is 4.39 Å². The highest BCUT2D eigenvalue weighted by Gasteiger charge is 2.23. The van der Waals surface area contributed by atoms with Crippen molar-refractivity contribution in [1.29, 1.82) is 0 Å². The molecule has 0 N–H and O–H groups in total. The first kappa shape index (κ1) is 13.2. The van der Waals surface area contributed by atoms with E-state index < -0.39 is 0 Å². The van der Waals surface area contributed by atoms with Gasteiger partial charge in [-0.1, -0.05) is 0 Å². The number of ketones is 1. The van der Waals surface area contributed by atoms with E-state index in [-0.39, 0.29) is 17.6 Å². The van der Waals surface area contributed by atoms with E-state index in [1.165, 1.54) is 12.1 Å². The van der Waals surface area contributed by atoms with E-state index in [2.05, 4.69) is 4.90 Å². The summed E-state index contributed by atoms with van der Waals surface area (Å²) in [5, 5.41) is 0. The average Bonchev–Trinajstić information content (AvgIpc) is 2.67. The number of rotatable bonds is 3. The van der Waals surface area contributed by atoms with E-state index in [1.54, 1.807) is 12.1 Å². The standard InChI is InChI=1S/C14H18FNO2/c1-11(16-7-2-9-18-10-8-16)14(17)12-3-5-13(15)6-4-12/h3-6,11H,2,7-10H2,1H3. The van der Waals surface area contributed by atoms with Crippen LogP contribution in [0.3, 0.4) is 0 Å². The number of hydrogen-bond donors (Lipinski definition) is 0.